The van der Waals surface area contributed by atoms with Crippen LogP contribution in [0.3, 0.4) is 0 Å². The Morgan fingerprint density at radius 2 is 1.76 bits per heavy atom. The molecule has 2 N–H and O–H groups in total. The fourth-order valence-electron chi connectivity index (χ4n) is 4.45. The molecule has 0 unspecified atom stereocenters. The number of carbonyl (C=O) groups is 3. The number of nitrogens with zero attached hydrogens (tertiary/aromatic N) is 2. The van der Waals surface area contributed by atoms with Crippen LogP contribution >= 0.6 is 0 Å². The first-order chi connectivity index (χ1) is 16.4. The summed E-state index contributed by atoms with van der Waals surface area (Å²) < 4.78 is 15.3. The SMILES string of the molecule is COC(=O)CC1=C(C(=O)OC)[C@@]2(C(=O)N(Cc3ccccc3)c3ccccc32)C(C#N)=C(N)O1. The third-order valence-corrected chi connectivity index (χ3v) is 5.89. The van der Waals surface area contributed by atoms with Crippen molar-refractivity contribution in [3.05, 3.63) is 88.5 Å². The van der Waals surface area contributed by atoms with Gasteiger partial charge in [-0.15, -0.1) is 0 Å². The minimum absolute atomic E-state index is 0.179. The highest BCUT2D eigenvalue weighted by Crippen LogP contribution is 2.54. The molecule has 0 saturated carbocycles. The molecule has 2 aliphatic rings. The van der Waals surface area contributed by atoms with Gasteiger partial charge < -0.3 is 24.8 Å². The van der Waals surface area contributed by atoms with E-state index >= 15 is 0 Å². The topological polar surface area (TPSA) is 132 Å². The zero-order valence-corrected chi connectivity index (χ0v) is 18.5. The molecule has 0 saturated heterocycles. The van der Waals surface area contributed by atoms with E-state index in [9.17, 15) is 19.6 Å². The fraction of sp³-hybridized carbons (Fsp3) is 0.200. The molecule has 9 heteroatoms. The molecule has 2 aromatic rings. The van der Waals surface area contributed by atoms with Crippen LogP contribution in [0.2, 0.25) is 0 Å². The number of fused-ring (bicyclic) bond motifs is 2. The molecule has 0 bridgehead atoms. The largest absolute Gasteiger partial charge is 0.469 e. The van der Waals surface area contributed by atoms with Gasteiger partial charge in [-0.1, -0.05) is 48.5 Å². The Morgan fingerprint density at radius 1 is 1.09 bits per heavy atom. The van der Waals surface area contributed by atoms with Crippen molar-refractivity contribution in [3.63, 3.8) is 0 Å². The third-order valence-electron chi connectivity index (χ3n) is 5.89. The number of rotatable bonds is 5. The average molecular weight is 459 g/mol. The van der Waals surface area contributed by atoms with Gasteiger partial charge in [-0.3, -0.25) is 9.59 Å². The number of methoxy groups -OCH3 is 2. The lowest BCUT2D eigenvalue weighted by Gasteiger charge is -2.35. The summed E-state index contributed by atoms with van der Waals surface area (Å²) in [5, 5.41) is 10.1. The first kappa shape index (κ1) is 22.6. The number of benzene rings is 2. The Hall–Kier alpha value is -4.58. The summed E-state index contributed by atoms with van der Waals surface area (Å²) in [6.07, 6.45) is -0.490. The lowest BCUT2D eigenvalue weighted by molar-refractivity contribution is -0.141. The molecule has 2 aromatic carbocycles. The summed E-state index contributed by atoms with van der Waals surface area (Å²) in [5.41, 5.74) is 5.32. The van der Waals surface area contributed by atoms with Gasteiger partial charge in [-0.25, -0.2) is 4.79 Å². The van der Waals surface area contributed by atoms with Crippen LogP contribution in [0.15, 0.2) is 77.4 Å². The summed E-state index contributed by atoms with van der Waals surface area (Å²) >= 11 is 0. The molecule has 1 atom stereocenters. The van der Waals surface area contributed by atoms with E-state index in [1.807, 2.05) is 36.4 Å². The number of carbonyl (C=O) groups excluding carboxylic acids is 3. The van der Waals surface area contributed by atoms with Crippen molar-refractivity contribution in [2.45, 2.75) is 18.4 Å². The van der Waals surface area contributed by atoms with Crippen LogP contribution in [0.1, 0.15) is 17.5 Å². The number of ether oxygens (including phenoxy) is 3. The lowest BCUT2D eigenvalue weighted by Crippen LogP contribution is -2.48. The number of hydrogen-bond donors (Lipinski definition) is 1. The number of nitrogens with two attached hydrogens (primary N) is 1. The van der Waals surface area contributed by atoms with Crippen LogP contribution in [0.4, 0.5) is 5.69 Å². The maximum absolute atomic E-state index is 14.3. The summed E-state index contributed by atoms with van der Waals surface area (Å²) in [6, 6.07) is 18.0. The van der Waals surface area contributed by atoms with E-state index in [0.717, 1.165) is 12.7 Å². The zero-order valence-electron chi connectivity index (χ0n) is 18.5. The predicted molar refractivity (Wildman–Crippen MR) is 119 cm³/mol. The molecule has 1 amide bonds. The van der Waals surface area contributed by atoms with Gasteiger partial charge >= 0.3 is 11.9 Å². The second-order valence-electron chi connectivity index (χ2n) is 7.64. The van der Waals surface area contributed by atoms with Gasteiger partial charge in [0.05, 0.1) is 20.8 Å². The average Bonchev–Trinajstić information content (AvgIpc) is 3.08. The maximum atomic E-state index is 14.3. The van der Waals surface area contributed by atoms with Crippen molar-refractivity contribution in [1.82, 2.24) is 0 Å². The Balaban J connectivity index is 2.03. The standard InChI is InChI=1S/C25H21N3O6/c1-32-20(29)12-19-21(23(30)33-2)25(17(13-26)22(27)34-19)16-10-6-7-11-18(16)28(24(25)31)14-15-8-4-3-5-9-15/h3-11H,12,14,27H2,1-2H3/t25-/m0/s1. The second-order valence-corrected chi connectivity index (χ2v) is 7.64. The van der Waals surface area contributed by atoms with Crippen molar-refractivity contribution in [2.75, 3.05) is 19.1 Å². The van der Waals surface area contributed by atoms with Gasteiger partial charge in [0.1, 0.15) is 29.4 Å². The second kappa shape index (κ2) is 8.75. The van der Waals surface area contributed by atoms with Crippen molar-refractivity contribution < 1.29 is 28.6 Å². The van der Waals surface area contributed by atoms with Gasteiger partial charge in [0, 0.05) is 11.3 Å². The number of esters is 2. The number of amides is 1. The highest BCUT2D eigenvalue weighted by molar-refractivity contribution is 6.18. The first-order valence-electron chi connectivity index (χ1n) is 10.3. The Labute approximate surface area is 195 Å². The van der Waals surface area contributed by atoms with Gasteiger partial charge in [0.15, 0.2) is 5.41 Å². The van der Waals surface area contributed by atoms with E-state index in [4.69, 9.17) is 19.9 Å². The first-order valence-corrected chi connectivity index (χ1v) is 10.3. The van der Waals surface area contributed by atoms with E-state index in [-0.39, 0.29) is 29.3 Å². The Bertz CT molecular complexity index is 1290. The van der Waals surface area contributed by atoms with Crippen LogP contribution in [0, 0.1) is 11.3 Å². The van der Waals surface area contributed by atoms with Crippen molar-refractivity contribution >= 4 is 23.5 Å². The van der Waals surface area contributed by atoms with Gasteiger partial charge in [-0.2, -0.15) is 5.26 Å². The normalized spacial score (nSPS) is 19.0. The number of nitriles is 1. The Morgan fingerprint density at radius 3 is 2.41 bits per heavy atom. The van der Waals surface area contributed by atoms with Crippen LogP contribution in [-0.2, 0) is 40.6 Å². The van der Waals surface area contributed by atoms with Crippen molar-refractivity contribution in [1.29, 1.82) is 5.26 Å². The molecular weight excluding hydrogens is 438 g/mol. The molecule has 9 nitrogen and oxygen atoms in total. The molecule has 4 rings (SSSR count). The van der Waals surface area contributed by atoms with Crippen LogP contribution in [-0.4, -0.2) is 32.1 Å². The molecule has 0 radical (unpaired) electrons. The molecule has 2 heterocycles. The van der Waals surface area contributed by atoms with Crippen LogP contribution in [0.5, 0.6) is 0 Å². The zero-order chi connectivity index (χ0) is 24.5. The Kier molecular flexibility index (Phi) is 5.82. The summed E-state index contributed by atoms with van der Waals surface area (Å²) in [6.45, 7) is 0.179. The summed E-state index contributed by atoms with van der Waals surface area (Å²) in [5.74, 6) is -2.81. The molecule has 34 heavy (non-hydrogen) atoms. The van der Waals surface area contributed by atoms with Crippen LogP contribution < -0.4 is 10.6 Å². The molecule has 172 valence electrons. The number of hydrogen-bond acceptors (Lipinski definition) is 8. The van der Waals surface area contributed by atoms with Gasteiger partial charge in [-0.05, 0) is 11.6 Å². The van der Waals surface area contributed by atoms with E-state index in [1.54, 1.807) is 24.3 Å². The van der Waals surface area contributed by atoms with Gasteiger partial charge in [0.2, 0.25) is 11.8 Å². The quantitative estimate of drug-likeness (QED) is 0.673. The third kappa shape index (κ3) is 3.28. The fourth-order valence-corrected chi connectivity index (χ4v) is 4.45. The van der Waals surface area contributed by atoms with E-state index in [1.165, 1.54) is 12.0 Å². The minimum Gasteiger partial charge on any atom is -0.469 e. The highest BCUT2D eigenvalue weighted by Gasteiger charge is 2.62. The molecule has 1 spiro atoms. The molecule has 0 aromatic heterocycles. The van der Waals surface area contributed by atoms with Crippen molar-refractivity contribution in [2.24, 2.45) is 5.73 Å². The van der Waals surface area contributed by atoms with Gasteiger partial charge in [0.25, 0.3) is 0 Å². The molecular formula is C25H21N3O6. The van der Waals surface area contributed by atoms with E-state index < -0.39 is 29.7 Å². The summed E-state index contributed by atoms with van der Waals surface area (Å²) in [7, 11) is 2.32. The van der Waals surface area contributed by atoms with Crippen LogP contribution in [0.25, 0.3) is 0 Å². The summed E-state index contributed by atoms with van der Waals surface area (Å²) in [4.78, 5) is 41.0. The highest BCUT2D eigenvalue weighted by atomic mass is 16.5. The predicted octanol–water partition coefficient (Wildman–Crippen LogP) is 2.19. The maximum Gasteiger partial charge on any atom is 0.339 e. The smallest absolute Gasteiger partial charge is 0.339 e. The molecule has 0 fully saturated rings. The monoisotopic (exact) mass is 459 g/mol. The number of para-hydroxylation sites is 1. The van der Waals surface area contributed by atoms with E-state index in [0.29, 0.717) is 11.3 Å². The minimum atomic E-state index is -1.95. The van der Waals surface area contributed by atoms with E-state index in [2.05, 4.69) is 0 Å². The lowest BCUT2D eigenvalue weighted by atomic mass is 9.68. The van der Waals surface area contributed by atoms with Crippen molar-refractivity contribution in [3.8, 4) is 6.07 Å². The number of anilines is 1. The molecule has 2 aliphatic heterocycles. The molecule has 0 aliphatic carbocycles.